The third-order valence-electron chi connectivity index (χ3n) is 4.23. The average molecular weight is 262 g/mol. The molecule has 0 aromatic carbocycles. The van der Waals surface area contributed by atoms with Crippen molar-refractivity contribution in [2.45, 2.75) is 39.3 Å². The Balaban J connectivity index is 1.71. The van der Waals surface area contributed by atoms with Crippen LogP contribution >= 0.6 is 0 Å². The highest BCUT2D eigenvalue weighted by molar-refractivity contribution is 5.80. The summed E-state index contributed by atoms with van der Waals surface area (Å²) in [6, 6.07) is 4.38. The summed E-state index contributed by atoms with van der Waals surface area (Å²) in [6.07, 6.45) is 2.28. The van der Waals surface area contributed by atoms with Crippen LogP contribution in [-0.2, 0) is 11.3 Å². The predicted molar refractivity (Wildman–Crippen MR) is 72.5 cm³/mol. The minimum atomic E-state index is 0.136. The van der Waals surface area contributed by atoms with Gasteiger partial charge in [0, 0.05) is 12.6 Å². The van der Waals surface area contributed by atoms with Gasteiger partial charge in [-0.05, 0) is 44.4 Å². The van der Waals surface area contributed by atoms with Crippen LogP contribution in [0.4, 0.5) is 0 Å². The number of furan rings is 1. The number of hydrogen-bond acceptors (Lipinski definition) is 3. The highest BCUT2D eigenvalue weighted by atomic mass is 16.3. The topological polar surface area (TPSA) is 45.5 Å². The smallest absolute Gasteiger partial charge is 0.227 e. The number of rotatable bonds is 4. The molecule has 1 saturated carbocycles. The Morgan fingerprint density at radius 3 is 2.74 bits per heavy atom. The molecule has 0 spiro atoms. The van der Waals surface area contributed by atoms with Crippen molar-refractivity contribution in [2.75, 3.05) is 13.1 Å². The van der Waals surface area contributed by atoms with Crippen molar-refractivity contribution in [3.8, 4) is 0 Å². The van der Waals surface area contributed by atoms with E-state index < -0.39 is 0 Å². The molecule has 0 radical (unpaired) electrons. The lowest BCUT2D eigenvalue weighted by Crippen LogP contribution is -2.39. The van der Waals surface area contributed by atoms with Crippen LogP contribution in [0.1, 0.15) is 31.3 Å². The van der Waals surface area contributed by atoms with Crippen LogP contribution in [0.5, 0.6) is 0 Å². The summed E-state index contributed by atoms with van der Waals surface area (Å²) in [5, 5.41) is 3.31. The maximum atomic E-state index is 12.7. The lowest BCUT2D eigenvalue weighted by molar-refractivity contribution is -0.137. The molecule has 1 aliphatic carbocycles. The third kappa shape index (κ3) is 2.68. The zero-order valence-electron chi connectivity index (χ0n) is 11.7. The third-order valence-corrected chi connectivity index (χ3v) is 4.23. The summed E-state index contributed by atoms with van der Waals surface area (Å²) < 4.78 is 5.62. The summed E-state index contributed by atoms with van der Waals surface area (Å²) >= 11 is 0. The minimum absolute atomic E-state index is 0.136. The number of carbonyl (C=O) groups is 1. The molecule has 1 aromatic heterocycles. The van der Waals surface area contributed by atoms with E-state index in [4.69, 9.17) is 4.42 Å². The second-order valence-corrected chi connectivity index (χ2v) is 5.95. The maximum Gasteiger partial charge on any atom is 0.227 e. The SMILES string of the molecule is Cc1ccc(CN(C(=O)[C@@H]2CNC[C@H]2C)C2CC2)o1. The summed E-state index contributed by atoms with van der Waals surface area (Å²) in [7, 11) is 0. The van der Waals surface area contributed by atoms with E-state index in [2.05, 4.69) is 12.2 Å². The standard InChI is InChI=1S/C15H22N2O2/c1-10-7-16-8-14(10)15(18)17(12-4-5-12)9-13-6-3-11(2)19-13/h3,6,10,12,14,16H,4-5,7-9H2,1-2H3/t10-,14-/m1/s1. The number of carbonyl (C=O) groups excluding carboxylic acids is 1. The number of amides is 1. The molecule has 4 nitrogen and oxygen atoms in total. The highest BCUT2D eigenvalue weighted by Gasteiger charge is 2.39. The Hall–Kier alpha value is -1.29. The van der Waals surface area contributed by atoms with E-state index in [0.29, 0.717) is 24.4 Å². The van der Waals surface area contributed by atoms with Gasteiger partial charge < -0.3 is 14.6 Å². The fraction of sp³-hybridized carbons (Fsp3) is 0.667. The molecule has 0 bridgehead atoms. The molecule has 1 N–H and O–H groups in total. The summed E-state index contributed by atoms with van der Waals surface area (Å²) in [5.41, 5.74) is 0. The number of hydrogen-bond donors (Lipinski definition) is 1. The van der Waals surface area contributed by atoms with Crippen molar-refractivity contribution in [1.82, 2.24) is 10.2 Å². The molecule has 104 valence electrons. The fourth-order valence-electron chi connectivity index (χ4n) is 2.86. The van der Waals surface area contributed by atoms with Gasteiger partial charge in [0.2, 0.25) is 5.91 Å². The van der Waals surface area contributed by atoms with Crippen LogP contribution in [0, 0.1) is 18.8 Å². The molecule has 3 rings (SSSR count). The van der Waals surface area contributed by atoms with E-state index in [0.717, 1.165) is 37.5 Å². The first-order valence-corrected chi connectivity index (χ1v) is 7.21. The van der Waals surface area contributed by atoms with Gasteiger partial charge in [-0.1, -0.05) is 6.92 Å². The van der Waals surface area contributed by atoms with Gasteiger partial charge in [0.15, 0.2) is 0 Å². The van der Waals surface area contributed by atoms with Crippen LogP contribution in [0.15, 0.2) is 16.5 Å². The second kappa shape index (κ2) is 5.00. The average Bonchev–Trinajstić information content (AvgIpc) is 3.01. The van der Waals surface area contributed by atoms with E-state index in [1.165, 1.54) is 0 Å². The lowest BCUT2D eigenvalue weighted by Gasteiger charge is -2.26. The Labute approximate surface area is 114 Å². The molecule has 2 fully saturated rings. The van der Waals surface area contributed by atoms with Gasteiger partial charge in [-0.25, -0.2) is 0 Å². The van der Waals surface area contributed by atoms with Gasteiger partial charge in [0.1, 0.15) is 11.5 Å². The van der Waals surface area contributed by atoms with Crippen LogP contribution in [-0.4, -0.2) is 29.9 Å². The van der Waals surface area contributed by atoms with Crippen molar-refractivity contribution in [3.05, 3.63) is 23.7 Å². The normalized spacial score (nSPS) is 26.6. The van der Waals surface area contributed by atoms with Crippen molar-refractivity contribution in [3.63, 3.8) is 0 Å². The van der Waals surface area contributed by atoms with E-state index in [1.807, 2.05) is 24.0 Å². The van der Waals surface area contributed by atoms with Gasteiger partial charge in [0.25, 0.3) is 0 Å². The van der Waals surface area contributed by atoms with E-state index >= 15 is 0 Å². The van der Waals surface area contributed by atoms with Crippen molar-refractivity contribution >= 4 is 5.91 Å². The summed E-state index contributed by atoms with van der Waals surface area (Å²) in [4.78, 5) is 14.7. The Bertz CT molecular complexity index is 464. The predicted octanol–water partition coefficient (Wildman–Crippen LogP) is 1.93. The molecule has 2 aliphatic rings. The minimum Gasteiger partial charge on any atom is -0.464 e. The quantitative estimate of drug-likeness (QED) is 0.902. The summed E-state index contributed by atoms with van der Waals surface area (Å²) in [5.74, 6) is 2.68. The summed E-state index contributed by atoms with van der Waals surface area (Å²) in [6.45, 7) is 6.50. The monoisotopic (exact) mass is 262 g/mol. The van der Waals surface area contributed by atoms with Crippen molar-refractivity contribution in [2.24, 2.45) is 11.8 Å². The van der Waals surface area contributed by atoms with Crippen LogP contribution < -0.4 is 5.32 Å². The maximum absolute atomic E-state index is 12.7. The molecule has 1 amide bonds. The van der Waals surface area contributed by atoms with Gasteiger partial charge in [-0.3, -0.25) is 4.79 Å². The largest absolute Gasteiger partial charge is 0.464 e. The Morgan fingerprint density at radius 2 is 2.21 bits per heavy atom. The number of nitrogens with zero attached hydrogens (tertiary/aromatic N) is 1. The molecule has 19 heavy (non-hydrogen) atoms. The first-order valence-electron chi connectivity index (χ1n) is 7.21. The second-order valence-electron chi connectivity index (χ2n) is 5.95. The molecule has 1 aliphatic heterocycles. The van der Waals surface area contributed by atoms with E-state index in [-0.39, 0.29) is 5.92 Å². The zero-order valence-corrected chi connectivity index (χ0v) is 11.7. The molecule has 1 saturated heterocycles. The fourth-order valence-corrected chi connectivity index (χ4v) is 2.86. The molecular formula is C15H22N2O2. The molecular weight excluding hydrogens is 240 g/mol. The van der Waals surface area contributed by atoms with Gasteiger partial charge in [-0.15, -0.1) is 0 Å². The van der Waals surface area contributed by atoms with Crippen molar-refractivity contribution < 1.29 is 9.21 Å². The Morgan fingerprint density at radius 1 is 1.42 bits per heavy atom. The van der Waals surface area contributed by atoms with E-state index in [9.17, 15) is 4.79 Å². The lowest BCUT2D eigenvalue weighted by atomic mass is 9.96. The molecule has 4 heteroatoms. The Kier molecular flexibility index (Phi) is 3.35. The van der Waals surface area contributed by atoms with Crippen LogP contribution in [0.3, 0.4) is 0 Å². The molecule has 1 aromatic rings. The highest BCUT2D eigenvalue weighted by Crippen LogP contribution is 2.32. The molecule has 2 atom stereocenters. The van der Waals surface area contributed by atoms with Crippen LogP contribution in [0.2, 0.25) is 0 Å². The van der Waals surface area contributed by atoms with Crippen LogP contribution in [0.25, 0.3) is 0 Å². The molecule has 0 unspecified atom stereocenters. The number of nitrogens with one attached hydrogen (secondary N) is 1. The molecule has 2 heterocycles. The van der Waals surface area contributed by atoms with E-state index in [1.54, 1.807) is 0 Å². The van der Waals surface area contributed by atoms with Gasteiger partial charge in [-0.2, -0.15) is 0 Å². The first kappa shape index (κ1) is 12.7. The van der Waals surface area contributed by atoms with Crippen molar-refractivity contribution in [1.29, 1.82) is 0 Å². The van der Waals surface area contributed by atoms with Gasteiger partial charge >= 0.3 is 0 Å². The zero-order chi connectivity index (χ0) is 13.4. The first-order chi connectivity index (χ1) is 9.15. The number of aryl methyl sites for hydroxylation is 1. The van der Waals surface area contributed by atoms with Gasteiger partial charge in [0.05, 0.1) is 12.5 Å².